The van der Waals surface area contributed by atoms with Gasteiger partial charge in [-0.2, -0.15) is 0 Å². The summed E-state index contributed by atoms with van der Waals surface area (Å²) in [7, 11) is 3.31. The van der Waals surface area contributed by atoms with Crippen molar-refractivity contribution in [2.45, 2.75) is 6.61 Å². The molecule has 1 amide bonds. The van der Waals surface area contributed by atoms with Gasteiger partial charge in [-0.05, 0) is 12.1 Å². The highest BCUT2D eigenvalue weighted by molar-refractivity contribution is 7.07. The Hall–Kier alpha value is -3.66. The fourth-order valence-corrected chi connectivity index (χ4v) is 3.40. The number of para-hydroxylation sites is 1. The summed E-state index contributed by atoms with van der Waals surface area (Å²) in [6.07, 6.45) is 0. The second-order valence-corrected chi connectivity index (χ2v) is 7.28. The fraction of sp³-hybridized carbons (Fsp3) is 0.238. The summed E-state index contributed by atoms with van der Waals surface area (Å²) in [4.78, 5) is 29.7. The van der Waals surface area contributed by atoms with Crippen LogP contribution in [0.25, 0.3) is 0 Å². The largest absolute Gasteiger partial charge is 0.493 e. The Morgan fingerprint density at radius 1 is 1.26 bits per heavy atom. The minimum Gasteiger partial charge on any atom is -0.493 e. The molecular formula is C21H22N4O5S. The van der Waals surface area contributed by atoms with Gasteiger partial charge in [0.1, 0.15) is 12.2 Å². The predicted molar refractivity (Wildman–Crippen MR) is 118 cm³/mol. The molecule has 3 aromatic rings. The van der Waals surface area contributed by atoms with Crippen molar-refractivity contribution >= 4 is 28.6 Å². The summed E-state index contributed by atoms with van der Waals surface area (Å²) >= 11 is 1.42. The Kier molecular flexibility index (Phi) is 7.39. The zero-order valence-corrected chi connectivity index (χ0v) is 17.9. The maximum absolute atomic E-state index is 12.7. The Morgan fingerprint density at radius 2 is 2.03 bits per heavy atom. The molecule has 0 unspecified atom stereocenters. The van der Waals surface area contributed by atoms with E-state index in [9.17, 15) is 14.9 Å². The van der Waals surface area contributed by atoms with Gasteiger partial charge in [0.2, 0.25) is 0 Å². The van der Waals surface area contributed by atoms with E-state index in [0.717, 1.165) is 5.69 Å². The molecule has 10 heteroatoms. The predicted octanol–water partition coefficient (Wildman–Crippen LogP) is 3.51. The second-order valence-electron chi connectivity index (χ2n) is 6.56. The monoisotopic (exact) mass is 442 g/mol. The second kappa shape index (κ2) is 10.4. The van der Waals surface area contributed by atoms with Crippen LogP contribution in [0.4, 0.5) is 11.4 Å². The van der Waals surface area contributed by atoms with Crippen LogP contribution in [0.1, 0.15) is 16.1 Å². The summed E-state index contributed by atoms with van der Waals surface area (Å²) in [6, 6.07) is 12.2. The third-order valence-electron chi connectivity index (χ3n) is 4.51. The number of hydrogen-bond donors (Lipinski definition) is 1. The average molecular weight is 442 g/mol. The molecule has 1 heterocycles. The smallest absolute Gasteiger partial charge is 0.286 e. The highest BCUT2D eigenvalue weighted by Crippen LogP contribution is 2.35. The maximum atomic E-state index is 12.7. The van der Waals surface area contributed by atoms with Crippen LogP contribution in [0, 0.1) is 10.1 Å². The van der Waals surface area contributed by atoms with Crippen molar-refractivity contribution in [1.82, 2.24) is 10.3 Å². The van der Waals surface area contributed by atoms with E-state index in [1.54, 1.807) is 5.51 Å². The molecule has 0 aliphatic rings. The number of nitrogens with one attached hydrogen (secondary N) is 1. The Bertz CT molecular complexity index is 1030. The molecule has 31 heavy (non-hydrogen) atoms. The van der Waals surface area contributed by atoms with Gasteiger partial charge < -0.3 is 19.7 Å². The van der Waals surface area contributed by atoms with Gasteiger partial charge in [0.25, 0.3) is 11.6 Å². The minimum absolute atomic E-state index is 0.0924. The molecule has 0 saturated carbocycles. The number of hydrogen-bond acceptors (Lipinski definition) is 8. The topological polar surface area (TPSA) is 107 Å². The van der Waals surface area contributed by atoms with Crippen molar-refractivity contribution in [3.63, 3.8) is 0 Å². The number of thiazole rings is 1. The van der Waals surface area contributed by atoms with Gasteiger partial charge in [0.05, 0.1) is 29.3 Å². The number of aromatic nitrogens is 1. The van der Waals surface area contributed by atoms with Crippen LogP contribution in [0.5, 0.6) is 11.5 Å². The van der Waals surface area contributed by atoms with Gasteiger partial charge >= 0.3 is 0 Å². The number of nitro benzene ring substituents is 1. The van der Waals surface area contributed by atoms with E-state index in [4.69, 9.17) is 9.47 Å². The number of carbonyl (C=O) groups is 1. The minimum atomic E-state index is -0.611. The van der Waals surface area contributed by atoms with Crippen LogP contribution in [0.2, 0.25) is 0 Å². The number of nitrogens with zero attached hydrogens (tertiary/aromatic N) is 3. The first-order chi connectivity index (χ1) is 15.0. The normalized spacial score (nSPS) is 10.4. The van der Waals surface area contributed by atoms with Gasteiger partial charge in [-0.15, -0.1) is 11.3 Å². The van der Waals surface area contributed by atoms with Crippen LogP contribution in [0.3, 0.4) is 0 Å². The van der Waals surface area contributed by atoms with Crippen LogP contribution >= 0.6 is 11.3 Å². The van der Waals surface area contributed by atoms with Crippen LogP contribution in [-0.2, 0) is 6.61 Å². The number of rotatable bonds is 10. The first kappa shape index (κ1) is 22.0. The summed E-state index contributed by atoms with van der Waals surface area (Å²) in [5.41, 5.74) is 2.92. The number of carbonyl (C=O) groups excluding carboxylic acids is 1. The lowest BCUT2D eigenvalue weighted by atomic mass is 10.1. The number of anilines is 1. The van der Waals surface area contributed by atoms with Gasteiger partial charge in [-0.1, -0.05) is 18.2 Å². The van der Waals surface area contributed by atoms with Gasteiger partial charge in [-0.3, -0.25) is 14.9 Å². The molecule has 0 fully saturated rings. The lowest BCUT2D eigenvalue weighted by Crippen LogP contribution is -2.33. The lowest BCUT2D eigenvalue weighted by molar-refractivity contribution is -0.385. The third-order valence-corrected chi connectivity index (χ3v) is 5.15. The van der Waals surface area contributed by atoms with E-state index in [1.807, 2.05) is 47.7 Å². The number of amides is 1. The molecule has 9 nitrogen and oxygen atoms in total. The van der Waals surface area contributed by atoms with E-state index < -0.39 is 10.8 Å². The van der Waals surface area contributed by atoms with E-state index >= 15 is 0 Å². The van der Waals surface area contributed by atoms with Crippen molar-refractivity contribution in [3.05, 3.63) is 74.7 Å². The molecule has 3 rings (SSSR count). The van der Waals surface area contributed by atoms with Crippen molar-refractivity contribution in [2.75, 3.05) is 32.1 Å². The maximum Gasteiger partial charge on any atom is 0.286 e. The molecule has 1 N–H and O–H groups in total. The standard InChI is InChI=1S/C21H22N4O5S/c1-24(16-6-4-3-5-7-16)9-8-22-21(26)17-10-19(29-2)20(11-18(17)25(27)28)30-12-15-13-31-14-23-15/h3-7,10-11,13-14H,8-9,12H2,1-2H3,(H,22,26). The van der Waals surface area contributed by atoms with E-state index in [2.05, 4.69) is 10.3 Å². The molecule has 0 saturated heterocycles. The Labute approximate surface area is 183 Å². The summed E-state index contributed by atoms with van der Waals surface area (Å²) < 4.78 is 10.9. The average Bonchev–Trinajstić information content (AvgIpc) is 3.31. The zero-order valence-electron chi connectivity index (χ0n) is 17.1. The number of nitro groups is 1. The highest BCUT2D eigenvalue weighted by atomic mass is 32.1. The van der Waals surface area contributed by atoms with E-state index in [1.165, 1.54) is 30.6 Å². The third kappa shape index (κ3) is 5.70. The lowest BCUT2D eigenvalue weighted by Gasteiger charge is -2.19. The number of likely N-dealkylation sites (N-methyl/N-ethyl adjacent to an activating group) is 1. The van der Waals surface area contributed by atoms with Crippen molar-refractivity contribution in [2.24, 2.45) is 0 Å². The van der Waals surface area contributed by atoms with Crippen LogP contribution < -0.4 is 19.7 Å². The first-order valence-corrected chi connectivity index (χ1v) is 10.3. The number of ether oxygens (including phenoxy) is 2. The molecule has 0 radical (unpaired) electrons. The molecular weight excluding hydrogens is 420 g/mol. The SMILES string of the molecule is COc1cc(C(=O)NCCN(C)c2ccccc2)c([N+](=O)[O-])cc1OCc1cscn1. The Morgan fingerprint density at radius 3 is 2.68 bits per heavy atom. The molecule has 0 bridgehead atoms. The molecule has 2 aromatic carbocycles. The number of benzene rings is 2. The van der Waals surface area contributed by atoms with E-state index in [-0.39, 0.29) is 29.4 Å². The van der Waals surface area contributed by atoms with Crippen molar-refractivity contribution in [1.29, 1.82) is 0 Å². The molecule has 0 aliphatic carbocycles. The van der Waals surface area contributed by atoms with E-state index in [0.29, 0.717) is 18.8 Å². The summed E-state index contributed by atoms with van der Waals surface area (Å²) in [5.74, 6) is -0.160. The van der Waals surface area contributed by atoms with Gasteiger partial charge in [0, 0.05) is 37.3 Å². The Balaban J connectivity index is 1.71. The number of methoxy groups -OCH3 is 1. The van der Waals surface area contributed by atoms with Gasteiger partial charge in [-0.25, -0.2) is 4.98 Å². The first-order valence-electron chi connectivity index (χ1n) is 9.40. The molecule has 0 spiro atoms. The molecule has 162 valence electrons. The quantitative estimate of drug-likeness (QED) is 0.378. The van der Waals surface area contributed by atoms with Gasteiger partial charge in [0.15, 0.2) is 11.5 Å². The molecule has 0 aliphatic heterocycles. The molecule has 0 atom stereocenters. The highest BCUT2D eigenvalue weighted by Gasteiger charge is 2.25. The van der Waals surface area contributed by atoms with Crippen molar-refractivity contribution in [3.8, 4) is 11.5 Å². The molecule has 1 aromatic heterocycles. The van der Waals surface area contributed by atoms with Crippen molar-refractivity contribution < 1.29 is 19.2 Å². The fourth-order valence-electron chi connectivity index (χ4n) is 2.86. The van der Waals surface area contributed by atoms with Crippen LogP contribution in [-0.4, -0.2) is 43.1 Å². The summed E-state index contributed by atoms with van der Waals surface area (Å²) in [5, 5.41) is 16.1. The van der Waals surface area contributed by atoms with Crippen LogP contribution in [0.15, 0.2) is 53.4 Å². The zero-order chi connectivity index (χ0) is 22.2. The summed E-state index contributed by atoms with van der Waals surface area (Å²) in [6.45, 7) is 0.982.